The maximum Gasteiger partial charge on any atom is 0.0853 e. The summed E-state index contributed by atoms with van der Waals surface area (Å²) in [4.78, 5) is 5.98. The Morgan fingerprint density at radius 1 is 1.35 bits per heavy atom. The molecule has 0 unspecified atom stereocenters. The number of nitrogens with zero attached hydrogens (tertiary/aromatic N) is 2. The van der Waals surface area contributed by atoms with Gasteiger partial charge in [0.1, 0.15) is 0 Å². The van der Waals surface area contributed by atoms with Crippen LogP contribution in [0.5, 0.6) is 0 Å². The summed E-state index contributed by atoms with van der Waals surface area (Å²) in [7, 11) is 1.98. The van der Waals surface area contributed by atoms with E-state index >= 15 is 0 Å². The Morgan fingerprint density at radius 3 is 2.71 bits per heavy atom. The Balaban J connectivity index is 3.09. The van der Waals surface area contributed by atoms with Gasteiger partial charge in [-0.3, -0.25) is 4.99 Å². The van der Waals surface area contributed by atoms with Crippen molar-refractivity contribution >= 4 is 6.72 Å². The molecule has 1 rings (SSSR count). The third-order valence-corrected chi connectivity index (χ3v) is 2.55. The SMILES string of the molecule is C=C/C(N=C)=C(\C=C)N(C)C1=CCC=CC=C1. The molecule has 0 atom stereocenters. The van der Waals surface area contributed by atoms with Crippen molar-refractivity contribution in [2.24, 2.45) is 4.99 Å². The molecule has 1 aliphatic carbocycles. The summed E-state index contributed by atoms with van der Waals surface area (Å²) in [6, 6.07) is 0. The van der Waals surface area contributed by atoms with Crippen molar-refractivity contribution in [1.82, 2.24) is 4.90 Å². The molecule has 0 N–H and O–H groups in total. The molecular formula is C15H18N2. The molecule has 0 bridgehead atoms. The van der Waals surface area contributed by atoms with Crippen LogP contribution in [0.1, 0.15) is 6.42 Å². The van der Waals surface area contributed by atoms with Gasteiger partial charge < -0.3 is 4.90 Å². The lowest BCUT2D eigenvalue weighted by Crippen LogP contribution is -2.16. The molecule has 0 amide bonds. The van der Waals surface area contributed by atoms with Crippen LogP contribution in [-0.2, 0) is 0 Å². The van der Waals surface area contributed by atoms with Crippen LogP contribution in [0, 0.1) is 0 Å². The highest BCUT2D eigenvalue weighted by Crippen LogP contribution is 2.19. The lowest BCUT2D eigenvalue weighted by atomic mass is 10.2. The molecule has 88 valence electrons. The largest absolute Gasteiger partial charge is 0.343 e. The average Bonchev–Trinajstić information content (AvgIpc) is 2.63. The second-order valence-corrected chi connectivity index (χ2v) is 3.55. The zero-order valence-corrected chi connectivity index (χ0v) is 10.3. The van der Waals surface area contributed by atoms with Gasteiger partial charge in [-0.15, -0.1) is 0 Å². The quantitative estimate of drug-likeness (QED) is 0.516. The maximum absolute atomic E-state index is 3.95. The molecule has 0 saturated carbocycles. The molecule has 0 radical (unpaired) electrons. The highest BCUT2D eigenvalue weighted by atomic mass is 15.1. The van der Waals surface area contributed by atoms with Crippen molar-refractivity contribution in [2.45, 2.75) is 6.42 Å². The minimum absolute atomic E-state index is 0.731. The first-order chi connectivity index (χ1) is 8.24. The zero-order valence-electron chi connectivity index (χ0n) is 10.3. The lowest BCUT2D eigenvalue weighted by molar-refractivity contribution is 0.547. The number of aliphatic imine (C=N–C) groups is 1. The fourth-order valence-corrected chi connectivity index (χ4v) is 1.62. The molecular weight excluding hydrogens is 208 g/mol. The Labute approximate surface area is 103 Å². The van der Waals surface area contributed by atoms with E-state index in [-0.39, 0.29) is 0 Å². The van der Waals surface area contributed by atoms with Gasteiger partial charge in [-0.05, 0) is 31.4 Å². The number of allylic oxidation sites excluding steroid dienone is 7. The van der Waals surface area contributed by atoms with Gasteiger partial charge in [-0.25, -0.2) is 0 Å². The van der Waals surface area contributed by atoms with E-state index in [0.29, 0.717) is 0 Å². The molecule has 0 heterocycles. The summed E-state index contributed by atoms with van der Waals surface area (Å²) in [6.07, 6.45) is 14.7. The van der Waals surface area contributed by atoms with Gasteiger partial charge in [0.2, 0.25) is 0 Å². The Hall–Kier alpha value is -2.09. The van der Waals surface area contributed by atoms with Crippen molar-refractivity contribution in [3.05, 3.63) is 72.8 Å². The van der Waals surface area contributed by atoms with Gasteiger partial charge >= 0.3 is 0 Å². The second kappa shape index (κ2) is 6.48. The lowest BCUT2D eigenvalue weighted by Gasteiger charge is -2.22. The molecule has 0 spiro atoms. The molecule has 0 aromatic heterocycles. The van der Waals surface area contributed by atoms with E-state index in [9.17, 15) is 0 Å². The summed E-state index contributed by atoms with van der Waals surface area (Å²) in [6.45, 7) is 11.1. The molecule has 1 aliphatic rings. The van der Waals surface area contributed by atoms with E-state index < -0.39 is 0 Å². The summed E-state index contributed by atoms with van der Waals surface area (Å²) < 4.78 is 0. The van der Waals surface area contributed by atoms with E-state index in [1.165, 1.54) is 0 Å². The highest BCUT2D eigenvalue weighted by molar-refractivity contribution is 5.40. The molecule has 0 aliphatic heterocycles. The van der Waals surface area contributed by atoms with E-state index in [0.717, 1.165) is 23.5 Å². The average molecular weight is 226 g/mol. The first-order valence-electron chi connectivity index (χ1n) is 5.47. The van der Waals surface area contributed by atoms with Gasteiger partial charge in [-0.1, -0.05) is 37.5 Å². The van der Waals surface area contributed by atoms with Crippen LogP contribution in [0.3, 0.4) is 0 Å². The van der Waals surface area contributed by atoms with Crippen LogP contribution in [-0.4, -0.2) is 18.7 Å². The molecule has 2 heteroatoms. The minimum Gasteiger partial charge on any atom is -0.343 e. The molecule has 0 fully saturated rings. The number of rotatable bonds is 5. The van der Waals surface area contributed by atoms with Crippen LogP contribution >= 0.6 is 0 Å². The highest BCUT2D eigenvalue weighted by Gasteiger charge is 2.08. The summed E-state index contributed by atoms with van der Waals surface area (Å²) in [5.41, 5.74) is 2.73. The van der Waals surface area contributed by atoms with Crippen molar-refractivity contribution in [1.29, 1.82) is 0 Å². The van der Waals surface area contributed by atoms with Crippen LogP contribution in [0.2, 0.25) is 0 Å². The smallest absolute Gasteiger partial charge is 0.0853 e. The summed E-state index contributed by atoms with van der Waals surface area (Å²) >= 11 is 0. The molecule has 0 aromatic rings. The third kappa shape index (κ3) is 3.18. The van der Waals surface area contributed by atoms with Crippen molar-refractivity contribution in [3.8, 4) is 0 Å². The van der Waals surface area contributed by atoms with E-state index in [1.807, 2.05) is 24.1 Å². The first kappa shape index (κ1) is 13.0. The van der Waals surface area contributed by atoms with Gasteiger partial charge in [-0.2, -0.15) is 0 Å². The maximum atomic E-state index is 3.95. The van der Waals surface area contributed by atoms with Crippen LogP contribution < -0.4 is 0 Å². The van der Waals surface area contributed by atoms with Gasteiger partial charge in [0.25, 0.3) is 0 Å². The molecule has 0 saturated heterocycles. The van der Waals surface area contributed by atoms with Crippen molar-refractivity contribution in [2.75, 3.05) is 7.05 Å². The van der Waals surface area contributed by atoms with E-state index in [4.69, 9.17) is 0 Å². The predicted molar refractivity (Wildman–Crippen MR) is 75.7 cm³/mol. The molecule has 2 nitrogen and oxygen atoms in total. The summed E-state index contributed by atoms with van der Waals surface area (Å²) in [5.74, 6) is 0. The normalized spacial score (nSPS) is 15.5. The standard InChI is InChI=1S/C15H18N2/c1-5-14(16-3)15(6-2)17(4)13-11-9-7-8-10-12-13/h5-9,11-12H,1-3,10H2,4H3/b15-14-. The van der Waals surface area contributed by atoms with Gasteiger partial charge in [0.05, 0.1) is 11.4 Å². The van der Waals surface area contributed by atoms with Crippen LogP contribution in [0.4, 0.5) is 0 Å². The second-order valence-electron chi connectivity index (χ2n) is 3.55. The fourth-order valence-electron chi connectivity index (χ4n) is 1.62. The number of likely N-dealkylation sites (N-methyl/N-ethyl adjacent to an activating group) is 1. The number of hydrogen-bond donors (Lipinski definition) is 0. The molecule has 17 heavy (non-hydrogen) atoms. The van der Waals surface area contributed by atoms with Crippen molar-refractivity contribution < 1.29 is 0 Å². The topological polar surface area (TPSA) is 15.6 Å². The third-order valence-electron chi connectivity index (χ3n) is 2.55. The van der Waals surface area contributed by atoms with Gasteiger partial charge in [0, 0.05) is 12.7 Å². The fraction of sp³-hybridized carbons (Fsp3) is 0.133. The zero-order chi connectivity index (χ0) is 12.7. The predicted octanol–water partition coefficient (Wildman–Crippen LogP) is 3.60. The minimum atomic E-state index is 0.731. The Bertz CT molecular complexity index is 424. The monoisotopic (exact) mass is 226 g/mol. The number of hydrogen-bond acceptors (Lipinski definition) is 2. The Morgan fingerprint density at radius 2 is 2.12 bits per heavy atom. The molecule has 0 aromatic carbocycles. The van der Waals surface area contributed by atoms with Gasteiger partial charge in [0.15, 0.2) is 0 Å². The van der Waals surface area contributed by atoms with E-state index in [1.54, 1.807) is 12.2 Å². The van der Waals surface area contributed by atoms with Crippen molar-refractivity contribution in [3.63, 3.8) is 0 Å². The van der Waals surface area contributed by atoms with E-state index in [2.05, 4.69) is 43.1 Å². The van der Waals surface area contributed by atoms with Crippen LogP contribution in [0.15, 0.2) is 77.8 Å². The Kier molecular flexibility index (Phi) is 4.95. The first-order valence-corrected chi connectivity index (χ1v) is 5.47. The van der Waals surface area contributed by atoms with Crippen LogP contribution in [0.25, 0.3) is 0 Å². The summed E-state index contributed by atoms with van der Waals surface area (Å²) in [5, 5.41) is 0.